The van der Waals surface area contributed by atoms with Crippen molar-refractivity contribution >= 4 is 0 Å². The Kier molecular flexibility index (Phi) is 5.31. The zero-order valence-corrected chi connectivity index (χ0v) is 11.3. The van der Waals surface area contributed by atoms with Gasteiger partial charge in [-0.2, -0.15) is 0 Å². The Morgan fingerprint density at radius 1 is 1.32 bits per heavy atom. The lowest BCUT2D eigenvalue weighted by Gasteiger charge is -2.35. The minimum absolute atomic E-state index is 0.0848. The van der Waals surface area contributed by atoms with Gasteiger partial charge in [-0.05, 0) is 18.9 Å². The zero-order chi connectivity index (χ0) is 13.7. The van der Waals surface area contributed by atoms with Gasteiger partial charge in [0.1, 0.15) is 5.82 Å². The number of halogens is 1. The summed E-state index contributed by atoms with van der Waals surface area (Å²) in [4.78, 5) is 2.19. The molecule has 1 aliphatic rings. The van der Waals surface area contributed by atoms with Crippen LogP contribution in [0.4, 0.5) is 4.39 Å². The Hall–Kier alpha value is -0.970. The molecule has 1 aliphatic carbocycles. The van der Waals surface area contributed by atoms with Crippen molar-refractivity contribution in [1.29, 1.82) is 0 Å². The van der Waals surface area contributed by atoms with Gasteiger partial charge in [0, 0.05) is 24.7 Å². The fourth-order valence-corrected chi connectivity index (χ4v) is 3.13. The van der Waals surface area contributed by atoms with E-state index in [4.69, 9.17) is 5.73 Å². The smallest absolute Gasteiger partial charge is 0.128 e. The number of nitrogens with zero attached hydrogens (tertiary/aromatic N) is 1. The quantitative estimate of drug-likeness (QED) is 0.828. The second-order valence-corrected chi connectivity index (χ2v) is 5.17. The number of rotatable bonds is 6. The summed E-state index contributed by atoms with van der Waals surface area (Å²) in [6, 6.07) is 7.08. The molecule has 1 atom stereocenters. The van der Waals surface area contributed by atoms with Crippen LogP contribution >= 0.6 is 0 Å². The predicted molar refractivity (Wildman–Crippen MR) is 74.2 cm³/mol. The van der Waals surface area contributed by atoms with Crippen LogP contribution in [-0.2, 0) is 0 Å². The molecule has 0 heterocycles. The number of aliphatic hydroxyl groups is 1. The third kappa shape index (κ3) is 3.32. The summed E-state index contributed by atoms with van der Waals surface area (Å²) < 4.78 is 14.0. The van der Waals surface area contributed by atoms with E-state index in [9.17, 15) is 9.50 Å². The zero-order valence-electron chi connectivity index (χ0n) is 11.3. The van der Waals surface area contributed by atoms with Crippen LogP contribution in [0.5, 0.6) is 0 Å². The predicted octanol–water partition coefficient (Wildman–Crippen LogP) is 2.06. The van der Waals surface area contributed by atoms with Crippen LogP contribution < -0.4 is 5.73 Å². The first-order valence-corrected chi connectivity index (χ1v) is 7.09. The molecule has 3 nitrogen and oxygen atoms in total. The first-order chi connectivity index (χ1) is 9.27. The molecule has 1 aromatic carbocycles. The van der Waals surface area contributed by atoms with Crippen LogP contribution in [0.25, 0.3) is 0 Å². The van der Waals surface area contributed by atoms with E-state index < -0.39 is 0 Å². The van der Waals surface area contributed by atoms with Gasteiger partial charge in [0.2, 0.25) is 0 Å². The largest absolute Gasteiger partial charge is 0.395 e. The van der Waals surface area contributed by atoms with Crippen molar-refractivity contribution < 1.29 is 9.50 Å². The Morgan fingerprint density at radius 2 is 2.00 bits per heavy atom. The molecule has 4 heteroatoms. The van der Waals surface area contributed by atoms with Crippen molar-refractivity contribution in [3.05, 3.63) is 35.6 Å². The van der Waals surface area contributed by atoms with Crippen molar-refractivity contribution in [3.8, 4) is 0 Å². The highest BCUT2D eigenvalue weighted by Crippen LogP contribution is 2.31. The summed E-state index contributed by atoms with van der Waals surface area (Å²) in [5.74, 6) is -0.209. The lowest BCUT2D eigenvalue weighted by molar-refractivity contribution is 0.105. The van der Waals surface area contributed by atoms with Crippen molar-refractivity contribution in [2.24, 2.45) is 5.73 Å². The van der Waals surface area contributed by atoms with Crippen molar-refractivity contribution in [3.63, 3.8) is 0 Å². The van der Waals surface area contributed by atoms with Crippen molar-refractivity contribution in [2.75, 3.05) is 19.7 Å². The van der Waals surface area contributed by atoms with Crippen LogP contribution in [0.15, 0.2) is 24.3 Å². The molecule has 0 amide bonds. The number of hydrogen-bond donors (Lipinski definition) is 2. The highest BCUT2D eigenvalue weighted by atomic mass is 19.1. The molecule has 0 spiro atoms. The molecular weight excluding hydrogens is 243 g/mol. The molecule has 2 rings (SSSR count). The molecule has 0 aliphatic heterocycles. The van der Waals surface area contributed by atoms with Crippen LogP contribution in [0.1, 0.15) is 37.3 Å². The molecule has 1 fully saturated rings. The molecule has 0 bridgehead atoms. The Labute approximate surface area is 114 Å². The third-order valence-corrected chi connectivity index (χ3v) is 4.04. The van der Waals surface area contributed by atoms with Gasteiger partial charge in [0.25, 0.3) is 0 Å². The lowest BCUT2D eigenvalue weighted by Crippen LogP contribution is -2.42. The van der Waals surface area contributed by atoms with E-state index in [1.165, 1.54) is 18.9 Å². The van der Waals surface area contributed by atoms with Gasteiger partial charge in [-0.25, -0.2) is 4.39 Å². The number of benzene rings is 1. The number of hydrogen-bond acceptors (Lipinski definition) is 3. The Bertz CT molecular complexity index is 393. The van der Waals surface area contributed by atoms with E-state index in [0.717, 1.165) is 12.8 Å². The first-order valence-electron chi connectivity index (χ1n) is 7.09. The maximum absolute atomic E-state index is 14.0. The monoisotopic (exact) mass is 266 g/mol. The molecule has 1 saturated carbocycles. The summed E-state index contributed by atoms with van der Waals surface area (Å²) in [6.07, 6.45) is 4.65. The van der Waals surface area contributed by atoms with E-state index in [0.29, 0.717) is 24.7 Å². The topological polar surface area (TPSA) is 49.5 Å². The van der Waals surface area contributed by atoms with E-state index in [-0.39, 0.29) is 18.5 Å². The fraction of sp³-hybridized carbons (Fsp3) is 0.600. The SMILES string of the molecule is NCC(c1ccccc1F)N(CCO)C1CCCC1. The van der Waals surface area contributed by atoms with Crippen molar-refractivity contribution in [1.82, 2.24) is 4.90 Å². The van der Waals surface area contributed by atoms with Crippen LogP contribution in [0, 0.1) is 5.82 Å². The third-order valence-electron chi connectivity index (χ3n) is 4.04. The van der Waals surface area contributed by atoms with Gasteiger partial charge < -0.3 is 10.8 Å². The summed E-state index contributed by atoms with van der Waals surface area (Å²) >= 11 is 0. The summed E-state index contributed by atoms with van der Waals surface area (Å²) in [7, 11) is 0. The van der Waals surface area contributed by atoms with Crippen LogP contribution in [0.3, 0.4) is 0 Å². The van der Waals surface area contributed by atoms with Gasteiger partial charge in [-0.15, -0.1) is 0 Å². The average molecular weight is 266 g/mol. The van der Waals surface area contributed by atoms with E-state index in [1.54, 1.807) is 12.1 Å². The molecule has 1 unspecified atom stereocenters. The fourth-order valence-electron chi connectivity index (χ4n) is 3.13. The lowest BCUT2D eigenvalue weighted by atomic mass is 10.0. The molecule has 0 saturated heterocycles. The standard InChI is InChI=1S/C15H23FN2O/c16-14-8-4-3-7-13(14)15(11-17)18(9-10-19)12-5-1-2-6-12/h3-4,7-8,12,15,19H,1-2,5-6,9-11,17H2. The maximum Gasteiger partial charge on any atom is 0.128 e. The first kappa shape index (κ1) is 14.4. The van der Waals surface area contributed by atoms with Gasteiger partial charge in [0.05, 0.1) is 12.6 Å². The van der Waals surface area contributed by atoms with E-state index >= 15 is 0 Å². The highest BCUT2D eigenvalue weighted by molar-refractivity contribution is 5.22. The van der Waals surface area contributed by atoms with E-state index in [1.807, 2.05) is 6.07 Å². The summed E-state index contributed by atoms with van der Waals surface area (Å²) in [5, 5.41) is 9.28. The highest BCUT2D eigenvalue weighted by Gasteiger charge is 2.29. The molecule has 106 valence electrons. The maximum atomic E-state index is 14.0. The second kappa shape index (κ2) is 6.98. The van der Waals surface area contributed by atoms with E-state index in [2.05, 4.69) is 4.90 Å². The summed E-state index contributed by atoms with van der Waals surface area (Å²) in [6.45, 7) is 1.01. The minimum atomic E-state index is -0.209. The molecule has 0 aromatic heterocycles. The second-order valence-electron chi connectivity index (χ2n) is 5.17. The minimum Gasteiger partial charge on any atom is -0.395 e. The van der Waals surface area contributed by atoms with Gasteiger partial charge in [0.15, 0.2) is 0 Å². The normalized spacial score (nSPS) is 18.1. The van der Waals surface area contributed by atoms with Crippen molar-refractivity contribution in [2.45, 2.75) is 37.8 Å². The number of aliphatic hydroxyl groups excluding tert-OH is 1. The van der Waals surface area contributed by atoms with Crippen LogP contribution in [-0.4, -0.2) is 35.7 Å². The molecular formula is C15H23FN2O. The average Bonchev–Trinajstić information content (AvgIpc) is 2.94. The van der Waals surface area contributed by atoms with Gasteiger partial charge in [-0.3, -0.25) is 4.90 Å². The Morgan fingerprint density at radius 3 is 2.58 bits per heavy atom. The molecule has 3 N–H and O–H groups in total. The molecule has 19 heavy (non-hydrogen) atoms. The van der Waals surface area contributed by atoms with Gasteiger partial charge in [-0.1, -0.05) is 31.0 Å². The number of nitrogens with two attached hydrogens (primary N) is 1. The van der Waals surface area contributed by atoms with Crippen LogP contribution in [0.2, 0.25) is 0 Å². The Balaban J connectivity index is 2.23. The molecule has 0 radical (unpaired) electrons. The van der Waals surface area contributed by atoms with Gasteiger partial charge >= 0.3 is 0 Å². The molecule has 1 aromatic rings. The summed E-state index contributed by atoms with van der Waals surface area (Å²) in [5.41, 5.74) is 6.53.